The fourth-order valence-corrected chi connectivity index (χ4v) is 1.63. The Kier molecular flexibility index (Phi) is 7.69. The average molecular weight is 282 g/mol. The first-order valence-corrected chi connectivity index (χ1v) is 6.57. The summed E-state index contributed by atoms with van der Waals surface area (Å²) in [7, 11) is 3.22. The van der Waals surface area contributed by atoms with Gasteiger partial charge in [-0.3, -0.25) is 4.79 Å². The maximum absolute atomic E-state index is 11.5. The Bertz CT molecular complexity index is 417. The third-order valence-corrected chi connectivity index (χ3v) is 2.69. The van der Waals surface area contributed by atoms with E-state index in [1.54, 1.807) is 32.4 Å². The molecule has 5 heteroatoms. The van der Waals surface area contributed by atoms with Crippen LogP contribution in [0, 0.1) is 0 Å². The lowest BCUT2D eigenvalue weighted by atomic mass is 10.1. The van der Waals surface area contributed by atoms with Gasteiger partial charge in [0.25, 0.3) is 0 Å². The summed E-state index contributed by atoms with van der Waals surface area (Å²) in [5.74, 6) is 1.19. The van der Waals surface area contributed by atoms with Gasteiger partial charge in [-0.05, 0) is 19.1 Å². The van der Waals surface area contributed by atoms with Crippen molar-refractivity contribution in [3.05, 3.63) is 23.8 Å². The van der Waals surface area contributed by atoms with E-state index in [0.29, 0.717) is 43.5 Å². The number of ether oxygens (including phenoxy) is 4. The van der Waals surface area contributed by atoms with Crippen LogP contribution in [0.1, 0.15) is 23.7 Å². The number of Topliss-reactive ketones (excluding diaryl/α,β-unsaturated/α-hetero) is 1. The van der Waals surface area contributed by atoms with E-state index >= 15 is 0 Å². The molecule has 0 fully saturated rings. The molecule has 0 spiro atoms. The zero-order chi connectivity index (χ0) is 14.8. The Balaban J connectivity index is 2.43. The number of methoxy groups -OCH3 is 2. The molecule has 0 heterocycles. The van der Waals surface area contributed by atoms with Crippen LogP contribution in [-0.4, -0.2) is 46.4 Å². The Labute approximate surface area is 119 Å². The predicted molar refractivity (Wildman–Crippen MR) is 75.8 cm³/mol. The second-order valence-corrected chi connectivity index (χ2v) is 4.23. The molecule has 20 heavy (non-hydrogen) atoms. The van der Waals surface area contributed by atoms with Crippen molar-refractivity contribution >= 4 is 5.78 Å². The Morgan fingerprint density at radius 2 is 1.90 bits per heavy atom. The molecule has 0 aromatic heterocycles. The maximum atomic E-state index is 11.5. The van der Waals surface area contributed by atoms with Crippen LogP contribution < -0.4 is 9.47 Å². The number of rotatable bonds is 10. The second kappa shape index (κ2) is 9.34. The van der Waals surface area contributed by atoms with Crippen LogP contribution >= 0.6 is 0 Å². The molecule has 0 atom stereocenters. The summed E-state index contributed by atoms with van der Waals surface area (Å²) in [6.45, 7) is 3.77. The van der Waals surface area contributed by atoms with Gasteiger partial charge in [0.05, 0.1) is 32.5 Å². The van der Waals surface area contributed by atoms with Gasteiger partial charge in [0.15, 0.2) is 5.78 Å². The van der Waals surface area contributed by atoms with Crippen LogP contribution in [0.25, 0.3) is 0 Å². The quantitative estimate of drug-likeness (QED) is 0.487. The van der Waals surface area contributed by atoms with Gasteiger partial charge < -0.3 is 18.9 Å². The summed E-state index contributed by atoms with van der Waals surface area (Å²) in [4.78, 5) is 11.5. The molecule has 112 valence electrons. The Hall–Kier alpha value is -1.59. The van der Waals surface area contributed by atoms with E-state index in [0.717, 1.165) is 6.42 Å². The lowest BCUT2D eigenvalue weighted by Gasteiger charge is -2.11. The Morgan fingerprint density at radius 3 is 2.55 bits per heavy atom. The number of hydrogen-bond acceptors (Lipinski definition) is 5. The largest absolute Gasteiger partial charge is 0.497 e. The fraction of sp³-hybridized carbons (Fsp3) is 0.533. The molecule has 0 aliphatic rings. The third-order valence-electron chi connectivity index (χ3n) is 2.69. The predicted octanol–water partition coefficient (Wildman–Crippen LogP) is 2.33. The summed E-state index contributed by atoms with van der Waals surface area (Å²) in [5.41, 5.74) is 0.561. The summed E-state index contributed by atoms with van der Waals surface area (Å²) in [6, 6.07) is 5.19. The van der Waals surface area contributed by atoms with Crippen LogP contribution in [0.2, 0.25) is 0 Å². The molecule has 0 bridgehead atoms. The highest BCUT2D eigenvalue weighted by molar-refractivity contribution is 5.97. The van der Waals surface area contributed by atoms with E-state index in [1.165, 1.54) is 6.92 Å². The number of benzene rings is 1. The lowest BCUT2D eigenvalue weighted by molar-refractivity contribution is 0.0643. The Morgan fingerprint density at radius 1 is 1.10 bits per heavy atom. The highest BCUT2D eigenvalue weighted by atomic mass is 16.5. The van der Waals surface area contributed by atoms with E-state index in [4.69, 9.17) is 18.9 Å². The first-order valence-electron chi connectivity index (χ1n) is 6.57. The smallest absolute Gasteiger partial charge is 0.163 e. The molecule has 0 aliphatic heterocycles. The lowest BCUT2D eigenvalue weighted by Crippen LogP contribution is -2.08. The highest BCUT2D eigenvalue weighted by Gasteiger charge is 2.09. The van der Waals surface area contributed by atoms with E-state index in [-0.39, 0.29) is 5.78 Å². The zero-order valence-electron chi connectivity index (χ0n) is 12.3. The van der Waals surface area contributed by atoms with Gasteiger partial charge in [-0.25, -0.2) is 0 Å². The monoisotopic (exact) mass is 282 g/mol. The van der Waals surface area contributed by atoms with Crippen molar-refractivity contribution in [2.45, 2.75) is 13.3 Å². The fourth-order valence-electron chi connectivity index (χ4n) is 1.63. The van der Waals surface area contributed by atoms with Crippen molar-refractivity contribution in [3.8, 4) is 11.5 Å². The molecule has 0 N–H and O–H groups in total. The van der Waals surface area contributed by atoms with Gasteiger partial charge >= 0.3 is 0 Å². The van der Waals surface area contributed by atoms with E-state index in [2.05, 4.69) is 0 Å². The van der Waals surface area contributed by atoms with Crippen LogP contribution in [-0.2, 0) is 9.47 Å². The van der Waals surface area contributed by atoms with Crippen LogP contribution in [0.3, 0.4) is 0 Å². The summed E-state index contributed by atoms with van der Waals surface area (Å²) >= 11 is 0. The first-order chi connectivity index (χ1) is 9.69. The summed E-state index contributed by atoms with van der Waals surface area (Å²) in [5, 5.41) is 0. The van der Waals surface area contributed by atoms with Gasteiger partial charge in [-0.15, -0.1) is 0 Å². The van der Waals surface area contributed by atoms with Crippen molar-refractivity contribution in [2.75, 3.05) is 40.6 Å². The first kappa shape index (κ1) is 16.5. The maximum Gasteiger partial charge on any atom is 0.163 e. The molecule has 1 rings (SSSR count). The van der Waals surface area contributed by atoms with Crippen molar-refractivity contribution in [1.29, 1.82) is 0 Å². The van der Waals surface area contributed by atoms with Gasteiger partial charge in [0.1, 0.15) is 11.5 Å². The highest BCUT2D eigenvalue weighted by Crippen LogP contribution is 2.25. The number of carbonyl (C=O) groups is 1. The van der Waals surface area contributed by atoms with E-state index < -0.39 is 0 Å². The van der Waals surface area contributed by atoms with Crippen LogP contribution in [0.4, 0.5) is 0 Å². The van der Waals surface area contributed by atoms with Crippen molar-refractivity contribution in [3.63, 3.8) is 0 Å². The molecule has 1 aromatic rings. The van der Waals surface area contributed by atoms with Gasteiger partial charge in [-0.2, -0.15) is 0 Å². The van der Waals surface area contributed by atoms with Gasteiger partial charge in [-0.1, -0.05) is 0 Å². The molecule has 1 aromatic carbocycles. The molecule has 0 aliphatic carbocycles. The molecule has 0 unspecified atom stereocenters. The number of carbonyl (C=O) groups excluding carboxylic acids is 1. The SMILES string of the molecule is COCCOCCCOc1cc(OC)ccc1C(C)=O. The standard InChI is InChI=1S/C15H22O5/c1-12(16)14-6-5-13(18-3)11-15(14)20-8-4-7-19-10-9-17-2/h5-6,11H,4,7-10H2,1-3H3. The molecule has 0 saturated carbocycles. The van der Waals surface area contributed by atoms with Crippen LogP contribution in [0.15, 0.2) is 18.2 Å². The summed E-state index contributed by atoms with van der Waals surface area (Å²) < 4.78 is 21.0. The van der Waals surface area contributed by atoms with Crippen molar-refractivity contribution in [1.82, 2.24) is 0 Å². The number of ketones is 1. The minimum atomic E-state index is -0.0287. The number of hydrogen-bond donors (Lipinski definition) is 0. The van der Waals surface area contributed by atoms with Crippen LogP contribution in [0.5, 0.6) is 11.5 Å². The average Bonchev–Trinajstić information content (AvgIpc) is 2.45. The van der Waals surface area contributed by atoms with E-state index in [9.17, 15) is 4.79 Å². The minimum absolute atomic E-state index is 0.0287. The molecular formula is C15H22O5. The molecule has 5 nitrogen and oxygen atoms in total. The second-order valence-electron chi connectivity index (χ2n) is 4.23. The summed E-state index contributed by atoms with van der Waals surface area (Å²) in [6.07, 6.45) is 0.748. The van der Waals surface area contributed by atoms with Crippen molar-refractivity contribution in [2.24, 2.45) is 0 Å². The van der Waals surface area contributed by atoms with Gasteiger partial charge in [0, 0.05) is 26.2 Å². The molecule has 0 saturated heterocycles. The topological polar surface area (TPSA) is 54.0 Å². The minimum Gasteiger partial charge on any atom is -0.497 e. The molecule has 0 radical (unpaired) electrons. The van der Waals surface area contributed by atoms with Gasteiger partial charge in [0.2, 0.25) is 0 Å². The zero-order valence-corrected chi connectivity index (χ0v) is 12.3. The molecule has 0 amide bonds. The third kappa shape index (κ3) is 5.59. The normalized spacial score (nSPS) is 10.3. The van der Waals surface area contributed by atoms with E-state index in [1.807, 2.05) is 0 Å². The van der Waals surface area contributed by atoms with Crippen molar-refractivity contribution < 1.29 is 23.7 Å². The molecular weight excluding hydrogens is 260 g/mol.